The Labute approximate surface area is 249 Å². The second kappa shape index (κ2) is 9.17. The Hall–Kier alpha value is -1.75. The van der Waals surface area contributed by atoms with Crippen LogP contribution in [0.15, 0.2) is 35.4 Å². The third-order valence-electron chi connectivity index (χ3n) is 12.3. The Bertz CT molecular complexity index is 1310. The van der Waals surface area contributed by atoms with Crippen LogP contribution in [-0.4, -0.2) is 59.5 Å². The van der Waals surface area contributed by atoms with Gasteiger partial charge in [0.2, 0.25) is 0 Å². The monoisotopic (exact) mass is 611 g/mol. The number of phenolic OH excluding ortho intramolecular Hbond substituents is 1. The summed E-state index contributed by atoms with van der Waals surface area (Å²) in [6.45, 7) is 6.99. The summed E-state index contributed by atoms with van der Waals surface area (Å²) < 4.78 is 87.2. The molecule has 4 unspecified atom stereocenters. The summed E-state index contributed by atoms with van der Waals surface area (Å²) in [7, 11) is 0. The molecule has 0 aromatic heterocycles. The maximum absolute atomic E-state index is 15.9. The number of aliphatic hydroxyl groups is 1. The Balaban J connectivity index is 1.35. The van der Waals surface area contributed by atoms with Gasteiger partial charge in [0.1, 0.15) is 5.75 Å². The van der Waals surface area contributed by atoms with Gasteiger partial charge in [-0.25, -0.2) is 0 Å². The molecular formula is C33H42F5NO4. The van der Waals surface area contributed by atoms with Crippen molar-refractivity contribution >= 4 is 0 Å². The Kier molecular flexibility index (Phi) is 6.38. The van der Waals surface area contributed by atoms with Gasteiger partial charge in [0, 0.05) is 36.8 Å². The molecule has 0 amide bonds. The lowest BCUT2D eigenvalue weighted by Crippen LogP contribution is -2.64. The smallest absolute Gasteiger partial charge is 0.453 e. The van der Waals surface area contributed by atoms with Crippen molar-refractivity contribution in [3.63, 3.8) is 0 Å². The highest BCUT2D eigenvalue weighted by molar-refractivity contribution is 5.45. The van der Waals surface area contributed by atoms with Gasteiger partial charge in [0.05, 0.1) is 24.2 Å². The highest BCUT2D eigenvalue weighted by Crippen LogP contribution is 2.76. The quantitative estimate of drug-likeness (QED) is 0.198. The summed E-state index contributed by atoms with van der Waals surface area (Å²) in [5.74, 6) is -6.77. The van der Waals surface area contributed by atoms with E-state index >= 15 is 8.78 Å². The van der Waals surface area contributed by atoms with Crippen molar-refractivity contribution in [2.75, 3.05) is 19.8 Å². The minimum absolute atomic E-state index is 0.0492. The van der Waals surface area contributed by atoms with E-state index in [9.17, 15) is 23.4 Å². The van der Waals surface area contributed by atoms with Crippen LogP contribution < -0.4 is 5.32 Å². The van der Waals surface area contributed by atoms with Crippen LogP contribution in [0.3, 0.4) is 0 Å². The number of hydrogen-bond donors (Lipinski definition) is 3. The van der Waals surface area contributed by atoms with Crippen LogP contribution in [0.25, 0.3) is 0 Å². The van der Waals surface area contributed by atoms with E-state index in [1.54, 1.807) is 19.1 Å². The van der Waals surface area contributed by atoms with Crippen molar-refractivity contribution in [3.8, 4) is 5.75 Å². The summed E-state index contributed by atoms with van der Waals surface area (Å²) >= 11 is 0. The van der Waals surface area contributed by atoms with Crippen molar-refractivity contribution in [1.29, 1.82) is 0 Å². The van der Waals surface area contributed by atoms with Gasteiger partial charge in [0.25, 0.3) is 0 Å². The third-order valence-corrected chi connectivity index (χ3v) is 12.3. The highest BCUT2D eigenvalue weighted by Gasteiger charge is 2.82. The molecule has 7 atom stereocenters. The molecular weight excluding hydrogens is 569 g/mol. The molecule has 0 radical (unpaired) electrons. The molecule has 3 N–H and O–H groups in total. The summed E-state index contributed by atoms with van der Waals surface area (Å²) in [6.07, 6.45) is -3.26. The number of aromatic hydroxyl groups is 1. The minimum Gasteiger partial charge on any atom is -0.508 e. The molecule has 2 aliphatic heterocycles. The summed E-state index contributed by atoms with van der Waals surface area (Å²) in [5.41, 5.74) is -2.27. The van der Waals surface area contributed by atoms with Crippen LogP contribution in [-0.2, 0) is 9.47 Å². The highest BCUT2D eigenvalue weighted by atomic mass is 19.4. The van der Waals surface area contributed by atoms with Crippen LogP contribution in [0, 0.1) is 28.1 Å². The van der Waals surface area contributed by atoms with Crippen molar-refractivity contribution in [2.45, 2.75) is 108 Å². The third kappa shape index (κ3) is 4.14. The van der Waals surface area contributed by atoms with E-state index in [1.807, 2.05) is 0 Å². The van der Waals surface area contributed by atoms with Crippen LogP contribution in [0.1, 0.15) is 83.6 Å². The molecule has 1 aromatic carbocycles. The van der Waals surface area contributed by atoms with Crippen molar-refractivity contribution in [1.82, 2.24) is 5.32 Å². The predicted octanol–water partition coefficient (Wildman–Crippen LogP) is 6.84. The number of benzene rings is 1. The van der Waals surface area contributed by atoms with E-state index in [0.29, 0.717) is 38.9 Å². The van der Waals surface area contributed by atoms with Gasteiger partial charge in [-0.1, -0.05) is 38.5 Å². The Morgan fingerprint density at radius 2 is 1.58 bits per heavy atom. The zero-order valence-electron chi connectivity index (χ0n) is 25.0. The fraction of sp³-hybridized carbons (Fsp3) is 0.758. The molecule has 43 heavy (non-hydrogen) atoms. The Morgan fingerprint density at radius 1 is 0.930 bits per heavy atom. The predicted molar refractivity (Wildman–Crippen MR) is 148 cm³/mol. The molecule has 2 saturated heterocycles. The molecule has 5 nitrogen and oxygen atoms in total. The molecule has 5 fully saturated rings. The molecule has 0 bridgehead atoms. The SMILES string of the molecule is CC1(C)COC2(CCC3=C4C(c5ccc(O)cc5)C[C@@]5(C)C(CC[C@@]5(C5CN5)C(F)(F)C(F)(F)F)C4CC[C@@]3(O)C2)OC1. The first-order valence-electron chi connectivity index (χ1n) is 15.7. The lowest BCUT2D eigenvalue weighted by atomic mass is 9.46. The molecule has 1 aromatic rings. The van der Waals surface area contributed by atoms with E-state index in [-0.39, 0.29) is 55.2 Å². The topological polar surface area (TPSA) is 80.9 Å². The van der Waals surface area contributed by atoms with E-state index in [4.69, 9.17) is 9.47 Å². The summed E-state index contributed by atoms with van der Waals surface area (Å²) in [5, 5.41) is 25.2. The fourth-order valence-electron chi connectivity index (χ4n) is 10.3. The average molecular weight is 612 g/mol. The molecule has 10 heteroatoms. The van der Waals surface area contributed by atoms with Crippen LogP contribution in [0.4, 0.5) is 22.0 Å². The maximum atomic E-state index is 15.9. The molecule has 238 valence electrons. The van der Waals surface area contributed by atoms with Gasteiger partial charge in [-0.15, -0.1) is 0 Å². The minimum atomic E-state index is -5.67. The largest absolute Gasteiger partial charge is 0.508 e. The summed E-state index contributed by atoms with van der Waals surface area (Å²) in [4.78, 5) is 0. The molecule has 6 aliphatic rings. The first-order chi connectivity index (χ1) is 20.0. The molecule has 2 heterocycles. The normalized spacial score (nSPS) is 41.9. The fourth-order valence-corrected chi connectivity index (χ4v) is 10.3. The van der Waals surface area contributed by atoms with Crippen LogP contribution >= 0.6 is 0 Å². The number of nitrogens with one attached hydrogen (secondary N) is 1. The van der Waals surface area contributed by atoms with Gasteiger partial charge < -0.3 is 25.0 Å². The van der Waals surface area contributed by atoms with E-state index in [0.717, 1.165) is 16.7 Å². The van der Waals surface area contributed by atoms with Gasteiger partial charge >= 0.3 is 12.1 Å². The van der Waals surface area contributed by atoms with E-state index < -0.39 is 46.3 Å². The summed E-state index contributed by atoms with van der Waals surface area (Å²) in [6, 6.07) is 5.66. The van der Waals surface area contributed by atoms with Crippen molar-refractivity contribution in [2.24, 2.45) is 28.1 Å². The number of allylic oxidation sites excluding steroid dienone is 1. The standard InChI is InChI=1S/C33H42F5NO4/c1-27(2)17-42-30(43-18-27)12-9-24-26-21(8-11-29(24,41)16-30)23-10-13-31(25-15-39-25,32(34,35)33(36,37)38)28(23,3)14-22(26)19-4-6-20(40)7-5-19/h4-7,21-23,25,39-41H,8-18H2,1-3H3/t21?,22?,23?,25?,28-,29+,31-/m0/s1. The molecule has 7 rings (SSSR count). The number of rotatable bonds is 3. The lowest BCUT2D eigenvalue weighted by molar-refractivity contribution is -0.346. The first-order valence-corrected chi connectivity index (χ1v) is 15.7. The van der Waals surface area contributed by atoms with Gasteiger partial charge in [-0.2, -0.15) is 22.0 Å². The van der Waals surface area contributed by atoms with Gasteiger partial charge in [0.15, 0.2) is 5.79 Å². The second-order valence-corrected chi connectivity index (χ2v) is 15.4. The van der Waals surface area contributed by atoms with Gasteiger partial charge in [-0.3, -0.25) is 0 Å². The molecule has 1 spiro atoms. The first kappa shape index (κ1) is 29.9. The van der Waals surface area contributed by atoms with Crippen LogP contribution in [0.5, 0.6) is 5.75 Å². The van der Waals surface area contributed by atoms with Gasteiger partial charge in [-0.05, 0) is 79.0 Å². The van der Waals surface area contributed by atoms with E-state index in [2.05, 4.69) is 19.2 Å². The number of fused-ring (bicyclic) bond motifs is 4. The number of hydrogen-bond acceptors (Lipinski definition) is 5. The van der Waals surface area contributed by atoms with Crippen molar-refractivity contribution in [3.05, 3.63) is 41.0 Å². The molecule has 3 saturated carbocycles. The number of ether oxygens (including phenoxy) is 2. The van der Waals surface area contributed by atoms with E-state index in [1.165, 1.54) is 12.1 Å². The average Bonchev–Trinajstić information content (AvgIpc) is 3.72. The lowest BCUT2D eigenvalue weighted by Gasteiger charge is -2.60. The molecule has 4 aliphatic carbocycles. The zero-order chi connectivity index (χ0) is 30.8. The maximum Gasteiger partial charge on any atom is 0.453 e. The number of phenols is 1. The van der Waals surface area contributed by atoms with Crippen LogP contribution in [0.2, 0.25) is 0 Å². The number of alkyl halides is 5. The zero-order valence-corrected chi connectivity index (χ0v) is 25.0. The second-order valence-electron chi connectivity index (χ2n) is 15.4. The number of halogens is 5. The Morgan fingerprint density at radius 3 is 2.19 bits per heavy atom. The van der Waals surface area contributed by atoms with Crippen molar-refractivity contribution < 1.29 is 41.6 Å².